The van der Waals surface area contributed by atoms with E-state index in [1.165, 1.54) is 20.3 Å². The highest BCUT2D eigenvalue weighted by Gasteiger charge is 2.17. The van der Waals surface area contributed by atoms with Gasteiger partial charge in [-0.3, -0.25) is 4.98 Å². The Labute approximate surface area is 240 Å². The van der Waals surface area contributed by atoms with Crippen molar-refractivity contribution >= 4 is 42.5 Å². The molecule has 4 nitrogen and oxygen atoms in total. The van der Waals surface area contributed by atoms with Crippen molar-refractivity contribution in [2.24, 2.45) is 0 Å². The van der Waals surface area contributed by atoms with Gasteiger partial charge in [-0.05, 0) is 35.9 Å². The first-order valence-corrected chi connectivity index (χ1v) is 14.3. The number of fused-ring (bicyclic) bond motifs is 4. The zero-order chi connectivity index (χ0) is 27.2. The van der Waals surface area contributed by atoms with E-state index in [2.05, 4.69) is 96.0 Å². The fourth-order valence-electron chi connectivity index (χ4n) is 5.41. The summed E-state index contributed by atoms with van der Waals surface area (Å²) in [5, 5.41) is 2.36. The lowest BCUT2D eigenvalue weighted by molar-refractivity contribution is 1.18. The Morgan fingerprint density at radius 2 is 1.12 bits per heavy atom. The smallest absolute Gasteiger partial charge is 0.160 e. The Bertz CT molecular complexity index is 2130. The first-order chi connectivity index (χ1) is 20.3. The standard InChI is InChI=1S/C36H22N4S/c1-2-8-23(9-3-1)30-22-31(40-36(39-30)26-18-20-37-21-19-26)24-14-16-25(17-15-24)33-27-10-4-6-12-29(27)38-34-28-11-5-7-13-32(28)41-35(33)34/h1-22H. The topological polar surface area (TPSA) is 51.6 Å². The van der Waals surface area contributed by atoms with Crippen LogP contribution in [0, 0.1) is 0 Å². The summed E-state index contributed by atoms with van der Waals surface area (Å²) in [4.78, 5) is 19.1. The fourth-order valence-corrected chi connectivity index (χ4v) is 6.64. The average Bonchev–Trinajstić information content (AvgIpc) is 3.42. The zero-order valence-electron chi connectivity index (χ0n) is 21.9. The van der Waals surface area contributed by atoms with Crippen LogP contribution in [-0.4, -0.2) is 19.9 Å². The molecule has 0 unspecified atom stereocenters. The molecule has 0 N–H and O–H groups in total. The predicted molar refractivity (Wildman–Crippen MR) is 170 cm³/mol. The largest absolute Gasteiger partial charge is 0.265 e. The molecule has 0 bridgehead atoms. The van der Waals surface area contributed by atoms with Gasteiger partial charge < -0.3 is 0 Å². The summed E-state index contributed by atoms with van der Waals surface area (Å²) in [5.74, 6) is 0.681. The summed E-state index contributed by atoms with van der Waals surface area (Å²) >= 11 is 1.81. The highest BCUT2D eigenvalue weighted by atomic mass is 32.1. The van der Waals surface area contributed by atoms with Crippen LogP contribution in [0.2, 0.25) is 0 Å². The molecule has 4 aromatic carbocycles. The van der Waals surface area contributed by atoms with E-state index >= 15 is 0 Å². The Balaban J connectivity index is 1.30. The quantitative estimate of drug-likeness (QED) is 0.222. The third-order valence-corrected chi connectivity index (χ3v) is 8.58. The van der Waals surface area contributed by atoms with E-state index < -0.39 is 0 Å². The van der Waals surface area contributed by atoms with Crippen LogP contribution in [0.15, 0.2) is 134 Å². The Morgan fingerprint density at radius 1 is 0.488 bits per heavy atom. The molecule has 0 aliphatic rings. The van der Waals surface area contributed by atoms with Crippen LogP contribution in [0.3, 0.4) is 0 Å². The van der Waals surface area contributed by atoms with Gasteiger partial charge >= 0.3 is 0 Å². The minimum atomic E-state index is 0.681. The Hall–Kier alpha value is -5.26. The van der Waals surface area contributed by atoms with Crippen molar-refractivity contribution in [3.63, 3.8) is 0 Å². The first kappa shape index (κ1) is 23.6. The van der Waals surface area contributed by atoms with Gasteiger partial charge in [0.05, 0.1) is 27.1 Å². The van der Waals surface area contributed by atoms with Crippen molar-refractivity contribution in [2.75, 3.05) is 0 Å². The fraction of sp³-hybridized carbons (Fsp3) is 0. The number of hydrogen-bond donors (Lipinski definition) is 0. The van der Waals surface area contributed by atoms with Crippen LogP contribution in [0.5, 0.6) is 0 Å². The van der Waals surface area contributed by atoms with Crippen molar-refractivity contribution in [2.45, 2.75) is 0 Å². The highest BCUT2D eigenvalue weighted by molar-refractivity contribution is 7.26. The van der Waals surface area contributed by atoms with Gasteiger partial charge in [-0.2, -0.15) is 0 Å². The second-order valence-electron chi connectivity index (χ2n) is 9.92. The SMILES string of the molecule is c1ccc(-c2cc(-c3ccc(-c4c5ccccc5nc5c4sc4ccccc45)cc3)nc(-c3ccncc3)n2)cc1. The van der Waals surface area contributed by atoms with Gasteiger partial charge in [0, 0.05) is 50.1 Å². The number of rotatable bonds is 4. The minimum absolute atomic E-state index is 0.681. The van der Waals surface area contributed by atoms with E-state index in [9.17, 15) is 0 Å². The number of aromatic nitrogens is 4. The predicted octanol–water partition coefficient (Wildman–Crippen LogP) is 9.46. The first-order valence-electron chi connectivity index (χ1n) is 13.5. The molecule has 0 fully saturated rings. The van der Waals surface area contributed by atoms with E-state index in [1.54, 1.807) is 12.4 Å². The lowest BCUT2D eigenvalue weighted by atomic mass is 9.98. The number of nitrogens with zero attached hydrogens (tertiary/aromatic N) is 4. The van der Waals surface area contributed by atoms with Crippen LogP contribution < -0.4 is 0 Å². The van der Waals surface area contributed by atoms with Crippen molar-refractivity contribution in [1.82, 2.24) is 19.9 Å². The lowest BCUT2D eigenvalue weighted by Gasteiger charge is -2.11. The van der Waals surface area contributed by atoms with Crippen molar-refractivity contribution in [1.29, 1.82) is 0 Å². The maximum Gasteiger partial charge on any atom is 0.160 e. The maximum absolute atomic E-state index is 5.08. The van der Waals surface area contributed by atoms with E-state index in [-0.39, 0.29) is 0 Å². The molecule has 4 heterocycles. The van der Waals surface area contributed by atoms with E-state index in [4.69, 9.17) is 15.0 Å². The van der Waals surface area contributed by atoms with Gasteiger partial charge in [0.1, 0.15) is 0 Å². The van der Waals surface area contributed by atoms with Crippen molar-refractivity contribution < 1.29 is 0 Å². The van der Waals surface area contributed by atoms with Gasteiger partial charge in [0.25, 0.3) is 0 Å². The number of hydrogen-bond acceptors (Lipinski definition) is 5. The van der Waals surface area contributed by atoms with E-state index in [0.29, 0.717) is 5.82 Å². The molecule has 192 valence electrons. The summed E-state index contributed by atoms with van der Waals surface area (Å²) in [6, 6.07) is 41.9. The molecule has 8 aromatic rings. The van der Waals surface area contributed by atoms with Gasteiger partial charge in [0.2, 0.25) is 0 Å². The lowest BCUT2D eigenvalue weighted by Crippen LogP contribution is -1.96. The molecular formula is C36H22N4S. The molecule has 4 aromatic heterocycles. The van der Waals surface area contributed by atoms with Crippen LogP contribution in [0.1, 0.15) is 0 Å². The number of benzene rings is 4. The normalized spacial score (nSPS) is 11.4. The maximum atomic E-state index is 5.08. The second kappa shape index (κ2) is 9.73. The van der Waals surface area contributed by atoms with Crippen molar-refractivity contribution in [3.05, 3.63) is 134 Å². The Kier molecular flexibility index (Phi) is 5.61. The molecule has 41 heavy (non-hydrogen) atoms. The van der Waals surface area contributed by atoms with Crippen molar-refractivity contribution in [3.8, 4) is 45.0 Å². The summed E-state index contributed by atoms with van der Waals surface area (Å²) in [6.45, 7) is 0. The molecule has 0 radical (unpaired) electrons. The van der Waals surface area contributed by atoms with Crippen LogP contribution in [-0.2, 0) is 0 Å². The monoisotopic (exact) mass is 542 g/mol. The van der Waals surface area contributed by atoms with E-state index in [0.717, 1.165) is 50.1 Å². The molecular weight excluding hydrogens is 520 g/mol. The summed E-state index contributed by atoms with van der Waals surface area (Å²) in [7, 11) is 0. The minimum Gasteiger partial charge on any atom is -0.265 e. The molecule has 0 saturated heterocycles. The number of pyridine rings is 2. The van der Waals surface area contributed by atoms with Crippen LogP contribution >= 0.6 is 11.3 Å². The van der Waals surface area contributed by atoms with Crippen LogP contribution in [0.25, 0.3) is 76.2 Å². The third kappa shape index (κ3) is 4.15. The Morgan fingerprint density at radius 3 is 1.90 bits per heavy atom. The molecule has 5 heteroatoms. The number of thiophene rings is 1. The van der Waals surface area contributed by atoms with Crippen LogP contribution in [0.4, 0.5) is 0 Å². The molecule has 0 spiro atoms. The summed E-state index contributed by atoms with van der Waals surface area (Å²) in [6.07, 6.45) is 3.55. The van der Waals surface area contributed by atoms with Gasteiger partial charge in [-0.15, -0.1) is 11.3 Å². The van der Waals surface area contributed by atoms with Gasteiger partial charge in [-0.25, -0.2) is 15.0 Å². The zero-order valence-corrected chi connectivity index (χ0v) is 22.7. The van der Waals surface area contributed by atoms with E-state index in [1.807, 2.05) is 41.7 Å². The molecule has 0 saturated carbocycles. The molecule has 0 aliphatic heterocycles. The summed E-state index contributed by atoms with van der Waals surface area (Å²) < 4.78 is 2.47. The second-order valence-corrected chi connectivity index (χ2v) is 11.0. The summed E-state index contributed by atoms with van der Waals surface area (Å²) in [5.41, 5.74) is 9.25. The molecule has 8 rings (SSSR count). The molecule has 0 amide bonds. The average molecular weight is 543 g/mol. The highest BCUT2D eigenvalue weighted by Crippen LogP contribution is 2.43. The van der Waals surface area contributed by atoms with Gasteiger partial charge in [0.15, 0.2) is 5.82 Å². The van der Waals surface area contributed by atoms with Gasteiger partial charge in [-0.1, -0.05) is 91.0 Å². The molecule has 0 aliphatic carbocycles. The number of para-hydroxylation sites is 1. The third-order valence-electron chi connectivity index (χ3n) is 7.41. The molecule has 0 atom stereocenters.